The average molecular weight is 178 g/mol. The maximum atomic E-state index is 10.6. The van der Waals surface area contributed by atoms with Crippen LogP contribution in [0.3, 0.4) is 0 Å². The van der Waals surface area contributed by atoms with Crippen LogP contribution in [0.5, 0.6) is 0 Å². The largest absolute Gasteiger partial charge is 0.344 e. The van der Waals surface area contributed by atoms with E-state index in [1.165, 1.54) is 0 Å². The smallest absolute Gasteiger partial charge is 0.312 e. The number of aromatic nitrogens is 2. The van der Waals surface area contributed by atoms with E-state index in [9.17, 15) is 4.79 Å². The lowest BCUT2D eigenvalue weighted by molar-refractivity contribution is 1.08. The molecule has 0 saturated carbocycles. The highest BCUT2D eigenvalue weighted by Crippen LogP contribution is 2.21. The van der Waals surface area contributed by atoms with Gasteiger partial charge in [0.2, 0.25) is 0 Å². The predicted molar refractivity (Wildman–Crippen MR) is 48.2 cm³/mol. The lowest BCUT2D eigenvalue weighted by Crippen LogP contribution is -2.07. The van der Waals surface area contributed by atoms with Crippen molar-refractivity contribution in [3.05, 3.63) is 40.4 Å². The van der Waals surface area contributed by atoms with E-state index in [0.717, 1.165) is 10.4 Å². The molecule has 0 spiro atoms. The van der Waals surface area contributed by atoms with Crippen LogP contribution in [0.25, 0.3) is 10.4 Å². The molecule has 2 aromatic heterocycles. The van der Waals surface area contributed by atoms with E-state index in [0.29, 0.717) is 0 Å². The Hall–Kier alpha value is -1.42. The van der Waals surface area contributed by atoms with Crippen molar-refractivity contribution in [2.45, 2.75) is 0 Å². The van der Waals surface area contributed by atoms with Crippen molar-refractivity contribution in [3.63, 3.8) is 0 Å². The third-order valence-corrected chi connectivity index (χ3v) is 2.40. The van der Waals surface area contributed by atoms with Crippen LogP contribution in [-0.4, -0.2) is 9.97 Å². The molecule has 4 heteroatoms. The highest BCUT2D eigenvalue weighted by Gasteiger charge is 1.97. The zero-order valence-electron chi connectivity index (χ0n) is 6.15. The van der Waals surface area contributed by atoms with Crippen LogP contribution < -0.4 is 5.69 Å². The van der Waals surface area contributed by atoms with Crippen LogP contribution >= 0.6 is 11.3 Å². The molecule has 12 heavy (non-hydrogen) atoms. The molecule has 0 amide bonds. The third-order valence-electron chi connectivity index (χ3n) is 1.48. The second kappa shape index (κ2) is 2.91. The lowest BCUT2D eigenvalue weighted by Gasteiger charge is -1.92. The predicted octanol–water partition coefficient (Wildman–Crippen LogP) is 1.50. The molecule has 2 rings (SSSR count). The van der Waals surface area contributed by atoms with E-state index >= 15 is 0 Å². The molecule has 0 radical (unpaired) electrons. The zero-order chi connectivity index (χ0) is 8.39. The average Bonchev–Trinajstić information content (AvgIpc) is 2.58. The molecule has 60 valence electrons. The molecule has 1 N–H and O–H groups in total. The van der Waals surface area contributed by atoms with Crippen LogP contribution in [0.2, 0.25) is 0 Å². The second-order valence-electron chi connectivity index (χ2n) is 2.28. The summed E-state index contributed by atoms with van der Waals surface area (Å²) in [5.41, 5.74) is 0.639. The maximum Gasteiger partial charge on any atom is 0.344 e. The van der Waals surface area contributed by atoms with Gasteiger partial charge in [0.15, 0.2) is 0 Å². The summed E-state index contributed by atoms with van der Waals surface area (Å²) in [5, 5.41) is 1.99. The fraction of sp³-hybridized carbons (Fsp3) is 0. The molecule has 0 aromatic carbocycles. The lowest BCUT2D eigenvalue weighted by atomic mass is 10.3. The first kappa shape index (κ1) is 7.24. The Morgan fingerprint density at radius 3 is 3.00 bits per heavy atom. The molecule has 0 aliphatic heterocycles. The minimum Gasteiger partial charge on any atom is -0.312 e. The van der Waals surface area contributed by atoms with Gasteiger partial charge in [-0.1, -0.05) is 6.07 Å². The van der Waals surface area contributed by atoms with Gasteiger partial charge in [0.05, 0.1) is 0 Å². The summed E-state index contributed by atoms with van der Waals surface area (Å²) in [7, 11) is 0. The minimum atomic E-state index is -0.310. The van der Waals surface area contributed by atoms with Gasteiger partial charge >= 0.3 is 5.69 Å². The summed E-state index contributed by atoms with van der Waals surface area (Å²) in [6.07, 6.45) is 3.24. The highest BCUT2D eigenvalue weighted by atomic mass is 32.1. The van der Waals surface area contributed by atoms with E-state index < -0.39 is 0 Å². The first-order valence-electron chi connectivity index (χ1n) is 3.45. The molecule has 0 atom stereocenters. The Morgan fingerprint density at radius 2 is 2.42 bits per heavy atom. The van der Waals surface area contributed by atoms with Gasteiger partial charge in [-0.15, -0.1) is 11.3 Å². The molecule has 0 bridgehead atoms. The molecule has 0 aliphatic rings. The monoisotopic (exact) mass is 178 g/mol. The summed E-state index contributed by atoms with van der Waals surface area (Å²) < 4.78 is 0. The van der Waals surface area contributed by atoms with Crippen molar-refractivity contribution >= 4 is 11.3 Å². The van der Waals surface area contributed by atoms with E-state index in [1.54, 1.807) is 23.7 Å². The van der Waals surface area contributed by atoms with E-state index in [2.05, 4.69) is 9.97 Å². The number of aromatic amines is 1. The number of nitrogens with zero attached hydrogens (tertiary/aromatic N) is 1. The van der Waals surface area contributed by atoms with Gasteiger partial charge in [-0.25, -0.2) is 9.78 Å². The van der Waals surface area contributed by atoms with Gasteiger partial charge < -0.3 is 4.98 Å². The Balaban J connectivity index is 2.49. The normalized spacial score (nSPS) is 10.0. The number of rotatable bonds is 1. The number of thiophene rings is 1. The highest BCUT2D eigenvalue weighted by molar-refractivity contribution is 7.13. The van der Waals surface area contributed by atoms with Crippen molar-refractivity contribution < 1.29 is 0 Å². The molecular weight excluding hydrogens is 172 g/mol. The summed E-state index contributed by atoms with van der Waals surface area (Å²) in [6.45, 7) is 0. The van der Waals surface area contributed by atoms with Gasteiger partial charge in [0, 0.05) is 22.8 Å². The number of nitrogens with one attached hydrogen (secondary N) is 1. The fourth-order valence-corrected chi connectivity index (χ4v) is 1.63. The fourth-order valence-electron chi connectivity index (χ4n) is 0.920. The molecular formula is C8H6N2OS. The van der Waals surface area contributed by atoms with Gasteiger partial charge in [-0.3, -0.25) is 0 Å². The van der Waals surface area contributed by atoms with Crippen molar-refractivity contribution in [1.82, 2.24) is 9.97 Å². The van der Waals surface area contributed by atoms with Crippen LogP contribution in [0.15, 0.2) is 34.7 Å². The maximum absolute atomic E-state index is 10.6. The van der Waals surface area contributed by atoms with Crippen molar-refractivity contribution in [3.8, 4) is 10.4 Å². The molecule has 2 aromatic rings. The Bertz CT molecular complexity index is 398. The van der Waals surface area contributed by atoms with Gasteiger partial charge in [0.25, 0.3) is 0 Å². The molecule has 0 aliphatic carbocycles. The van der Waals surface area contributed by atoms with Gasteiger partial charge in [0.1, 0.15) is 0 Å². The van der Waals surface area contributed by atoms with E-state index in [1.807, 2.05) is 17.5 Å². The SMILES string of the molecule is O=c1ncc(-c2cccs2)c[nH]1. The van der Waals surface area contributed by atoms with Crippen LogP contribution in [-0.2, 0) is 0 Å². The van der Waals surface area contributed by atoms with E-state index in [-0.39, 0.29) is 5.69 Å². The number of H-pyrrole nitrogens is 1. The Labute approximate surface area is 72.7 Å². The topological polar surface area (TPSA) is 45.8 Å². The third kappa shape index (κ3) is 1.29. The molecule has 0 fully saturated rings. The zero-order valence-corrected chi connectivity index (χ0v) is 6.97. The molecule has 2 heterocycles. The van der Waals surface area contributed by atoms with Crippen molar-refractivity contribution in [2.75, 3.05) is 0 Å². The van der Waals surface area contributed by atoms with Gasteiger partial charge in [-0.2, -0.15) is 0 Å². The molecule has 3 nitrogen and oxygen atoms in total. The summed E-state index contributed by atoms with van der Waals surface area (Å²) in [5.74, 6) is 0. The first-order valence-corrected chi connectivity index (χ1v) is 4.33. The standard InChI is InChI=1S/C8H6N2OS/c11-8-9-4-6(5-10-8)7-2-1-3-12-7/h1-5H,(H,9,10,11). The van der Waals surface area contributed by atoms with Crippen LogP contribution in [0.1, 0.15) is 0 Å². The summed E-state index contributed by atoms with van der Waals surface area (Å²) >= 11 is 1.62. The summed E-state index contributed by atoms with van der Waals surface area (Å²) in [4.78, 5) is 17.9. The van der Waals surface area contributed by atoms with Crippen LogP contribution in [0.4, 0.5) is 0 Å². The van der Waals surface area contributed by atoms with Crippen molar-refractivity contribution in [1.29, 1.82) is 0 Å². The number of hydrogen-bond donors (Lipinski definition) is 1. The van der Waals surface area contributed by atoms with Crippen LogP contribution in [0, 0.1) is 0 Å². The molecule has 0 unspecified atom stereocenters. The first-order chi connectivity index (χ1) is 5.86. The second-order valence-corrected chi connectivity index (χ2v) is 3.23. The van der Waals surface area contributed by atoms with E-state index in [4.69, 9.17) is 0 Å². The Morgan fingerprint density at radius 1 is 1.50 bits per heavy atom. The van der Waals surface area contributed by atoms with Crippen molar-refractivity contribution in [2.24, 2.45) is 0 Å². The minimum absolute atomic E-state index is 0.310. The summed E-state index contributed by atoms with van der Waals surface area (Å²) in [6, 6.07) is 3.95. The number of hydrogen-bond acceptors (Lipinski definition) is 3. The molecule has 0 saturated heterocycles. The Kier molecular flexibility index (Phi) is 1.75. The van der Waals surface area contributed by atoms with Gasteiger partial charge in [-0.05, 0) is 11.4 Å². The quantitative estimate of drug-likeness (QED) is 0.719.